The molecule has 5 heteroatoms. The molecule has 4 nitrogen and oxygen atoms in total. The second-order valence-corrected chi connectivity index (χ2v) is 5.16. The second-order valence-electron chi connectivity index (χ2n) is 5.16. The summed E-state index contributed by atoms with van der Waals surface area (Å²) in [5.74, 6) is 1.17. The van der Waals surface area contributed by atoms with Gasteiger partial charge in [-0.3, -0.25) is 0 Å². The highest BCUT2D eigenvalue weighted by Gasteiger charge is 2.21. The predicted octanol–water partition coefficient (Wildman–Crippen LogP) is 3.28. The van der Waals surface area contributed by atoms with Gasteiger partial charge in [-0.15, -0.1) is 0 Å². The molecule has 2 aromatic carbocycles. The van der Waals surface area contributed by atoms with Crippen LogP contribution in [0.4, 0.5) is 15.8 Å². The maximum atomic E-state index is 13.9. The molecule has 2 aromatic rings. The van der Waals surface area contributed by atoms with Crippen LogP contribution < -0.4 is 19.7 Å². The van der Waals surface area contributed by atoms with Gasteiger partial charge in [0.15, 0.2) is 11.5 Å². The number of halogens is 1. The minimum absolute atomic E-state index is 0.178. The van der Waals surface area contributed by atoms with Crippen molar-refractivity contribution in [1.82, 2.24) is 0 Å². The van der Waals surface area contributed by atoms with E-state index in [0.717, 1.165) is 24.5 Å². The average Bonchev–Trinajstić information content (AvgIpc) is 2.56. The van der Waals surface area contributed by atoms with E-state index in [9.17, 15) is 4.39 Å². The first-order chi connectivity index (χ1) is 10.7. The van der Waals surface area contributed by atoms with Crippen LogP contribution in [-0.2, 0) is 6.54 Å². The van der Waals surface area contributed by atoms with Crippen molar-refractivity contribution in [3.63, 3.8) is 0 Å². The Kier molecular flexibility index (Phi) is 4.04. The monoisotopic (exact) mass is 302 g/mol. The molecular weight excluding hydrogens is 283 g/mol. The summed E-state index contributed by atoms with van der Waals surface area (Å²) in [6.45, 7) is 2.13. The van der Waals surface area contributed by atoms with Crippen molar-refractivity contribution in [2.75, 3.05) is 37.5 Å². The molecule has 1 aliphatic rings. The van der Waals surface area contributed by atoms with Gasteiger partial charge in [-0.1, -0.05) is 18.2 Å². The molecule has 0 atom stereocenters. The Morgan fingerprint density at radius 2 is 1.86 bits per heavy atom. The van der Waals surface area contributed by atoms with Crippen molar-refractivity contribution >= 4 is 11.4 Å². The number of anilines is 2. The Labute approximate surface area is 129 Å². The lowest BCUT2D eigenvalue weighted by Gasteiger charge is -2.33. The van der Waals surface area contributed by atoms with Gasteiger partial charge in [0.05, 0.1) is 25.6 Å². The van der Waals surface area contributed by atoms with E-state index in [1.165, 1.54) is 6.07 Å². The van der Waals surface area contributed by atoms with Gasteiger partial charge in [0.25, 0.3) is 0 Å². The lowest BCUT2D eigenvalue weighted by atomic mass is 10.1. The maximum absolute atomic E-state index is 13.9. The number of nitrogens with one attached hydrogen (secondary N) is 1. The highest BCUT2D eigenvalue weighted by molar-refractivity contribution is 5.76. The van der Waals surface area contributed by atoms with E-state index in [1.54, 1.807) is 20.3 Å². The number of hydrogen-bond acceptors (Lipinski definition) is 4. The Bertz CT molecular complexity index is 676. The van der Waals surface area contributed by atoms with Crippen molar-refractivity contribution < 1.29 is 13.9 Å². The molecule has 0 bridgehead atoms. The van der Waals surface area contributed by atoms with Crippen LogP contribution in [0.15, 0.2) is 36.4 Å². The molecule has 0 aromatic heterocycles. The van der Waals surface area contributed by atoms with Crippen LogP contribution in [0.5, 0.6) is 11.5 Å². The molecule has 0 fully saturated rings. The molecule has 0 saturated heterocycles. The van der Waals surface area contributed by atoms with Gasteiger partial charge >= 0.3 is 0 Å². The zero-order chi connectivity index (χ0) is 15.5. The summed E-state index contributed by atoms with van der Waals surface area (Å²) in [6, 6.07) is 10.7. The van der Waals surface area contributed by atoms with Crippen LogP contribution in [-0.4, -0.2) is 27.3 Å². The summed E-state index contributed by atoms with van der Waals surface area (Å²) in [5, 5.41) is 3.35. The van der Waals surface area contributed by atoms with Crippen molar-refractivity contribution in [2.45, 2.75) is 6.54 Å². The Hall–Kier alpha value is -2.43. The topological polar surface area (TPSA) is 33.7 Å². The summed E-state index contributed by atoms with van der Waals surface area (Å²) >= 11 is 0. The number of ether oxygens (including phenoxy) is 2. The first-order valence-electron chi connectivity index (χ1n) is 7.21. The number of hydrogen-bond donors (Lipinski definition) is 1. The summed E-state index contributed by atoms with van der Waals surface area (Å²) < 4.78 is 24.6. The van der Waals surface area contributed by atoms with E-state index in [2.05, 4.69) is 10.2 Å². The van der Waals surface area contributed by atoms with Gasteiger partial charge in [0, 0.05) is 37.3 Å². The highest BCUT2D eigenvalue weighted by Crippen LogP contribution is 2.40. The minimum Gasteiger partial charge on any atom is -0.493 e. The standard InChI is InChI=1S/C17H19FN2O2/c1-21-16-9-14-15(10-17(16)22-2)20(8-7-19-14)11-12-5-3-4-6-13(12)18/h3-6,9-10,19H,7-8,11H2,1-2H3. The van der Waals surface area contributed by atoms with E-state index in [4.69, 9.17) is 9.47 Å². The fraction of sp³-hybridized carbons (Fsp3) is 0.294. The lowest BCUT2D eigenvalue weighted by molar-refractivity contribution is 0.355. The van der Waals surface area contributed by atoms with Gasteiger partial charge < -0.3 is 19.7 Å². The fourth-order valence-electron chi connectivity index (χ4n) is 2.71. The average molecular weight is 302 g/mol. The highest BCUT2D eigenvalue weighted by atomic mass is 19.1. The molecule has 0 amide bonds. The molecule has 0 saturated carbocycles. The predicted molar refractivity (Wildman–Crippen MR) is 85.5 cm³/mol. The van der Waals surface area contributed by atoms with Crippen LogP contribution in [0.3, 0.4) is 0 Å². The largest absolute Gasteiger partial charge is 0.493 e. The summed E-state index contributed by atoms with van der Waals surface area (Å²) in [4.78, 5) is 2.15. The van der Waals surface area contributed by atoms with Crippen molar-refractivity contribution in [3.05, 3.63) is 47.8 Å². The molecule has 1 aliphatic heterocycles. The lowest BCUT2D eigenvalue weighted by Crippen LogP contribution is -2.33. The van der Waals surface area contributed by atoms with Crippen LogP contribution >= 0.6 is 0 Å². The van der Waals surface area contributed by atoms with E-state index in [0.29, 0.717) is 23.6 Å². The van der Waals surface area contributed by atoms with Gasteiger partial charge in [0.1, 0.15) is 5.82 Å². The molecular formula is C17H19FN2O2. The van der Waals surface area contributed by atoms with Crippen LogP contribution in [0.2, 0.25) is 0 Å². The number of fused-ring (bicyclic) bond motifs is 1. The Morgan fingerprint density at radius 1 is 1.14 bits per heavy atom. The number of rotatable bonds is 4. The van der Waals surface area contributed by atoms with Crippen LogP contribution in [0.25, 0.3) is 0 Å². The van der Waals surface area contributed by atoms with Gasteiger partial charge in [0.2, 0.25) is 0 Å². The quantitative estimate of drug-likeness (QED) is 0.940. The van der Waals surface area contributed by atoms with Gasteiger partial charge in [-0.05, 0) is 6.07 Å². The number of methoxy groups -OCH3 is 2. The molecule has 1 heterocycles. The molecule has 116 valence electrons. The van der Waals surface area contributed by atoms with Gasteiger partial charge in [-0.25, -0.2) is 4.39 Å². The zero-order valence-electron chi connectivity index (χ0n) is 12.7. The minimum atomic E-state index is -0.178. The molecule has 0 radical (unpaired) electrons. The van der Waals surface area contributed by atoms with E-state index < -0.39 is 0 Å². The SMILES string of the molecule is COc1cc2c(cc1OC)N(Cc1ccccc1F)CCN2. The van der Waals surface area contributed by atoms with Gasteiger partial charge in [-0.2, -0.15) is 0 Å². The van der Waals surface area contributed by atoms with Crippen LogP contribution in [0, 0.1) is 5.82 Å². The Balaban J connectivity index is 1.95. The summed E-state index contributed by atoms with van der Waals surface area (Å²) in [5.41, 5.74) is 2.65. The first-order valence-corrected chi connectivity index (χ1v) is 7.21. The van der Waals surface area contributed by atoms with Crippen LogP contribution in [0.1, 0.15) is 5.56 Å². The number of nitrogens with zero attached hydrogens (tertiary/aromatic N) is 1. The third-order valence-corrected chi connectivity index (χ3v) is 3.86. The fourth-order valence-corrected chi connectivity index (χ4v) is 2.71. The number of benzene rings is 2. The molecule has 3 rings (SSSR count). The normalized spacial score (nSPS) is 13.3. The summed E-state index contributed by atoms with van der Waals surface area (Å²) in [6.07, 6.45) is 0. The molecule has 0 spiro atoms. The molecule has 0 unspecified atom stereocenters. The summed E-state index contributed by atoms with van der Waals surface area (Å²) in [7, 11) is 3.23. The second kappa shape index (κ2) is 6.13. The molecule has 1 N–H and O–H groups in total. The molecule has 0 aliphatic carbocycles. The third kappa shape index (κ3) is 2.66. The van der Waals surface area contributed by atoms with E-state index in [1.807, 2.05) is 24.3 Å². The zero-order valence-corrected chi connectivity index (χ0v) is 12.7. The van der Waals surface area contributed by atoms with E-state index in [-0.39, 0.29) is 5.82 Å². The maximum Gasteiger partial charge on any atom is 0.162 e. The third-order valence-electron chi connectivity index (χ3n) is 3.86. The molecule has 22 heavy (non-hydrogen) atoms. The Morgan fingerprint density at radius 3 is 2.59 bits per heavy atom. The van der Waals surface area contributed by atoms with Crippen molar-refractivity contribution in [2.24, 2.45) is 0 Å². The van der Waals surface area contributed by atoms with E-state index >= 15 is 0 Å². The van der Waals surface area contributed by atoms with Crippen molar-refractivity contribution in [3.8, 4) is 11.5 Å². The van der Waals surface area contributed by atoms with Crippen molar-refractivity contribution in [1.29, 1.82) is 0 Å². The smallest absolute Gasteiger partial charge is 0.162 e. The first kappa shape index (κ1) is 14.5.